The first-order valence-electron chi connectivity index (χ1n) is 8.29. The summed E-state index contributed by atoms with van der Waals surface area (Å²) in [5.41, 5.74) is 7.18. The molecule has 0 radical (unpaired) electrons. The van der Waals surface area contributed by atoms with E-state index in [1.165, 1.54) is 64.8 Å². The molecule has 0 aromatic rings. The van der Waals surface area contributed by atoms with Crippen molar-refractivity contribution in [2.45, 2.75) is 51.5 Å². The van der Waals surface area contributed by atoms with Crippen LogP contribution >= 0.6 is 0 Å². The third-order valence-corrected chi connectivity index (χ3v) is 6.65. The van der Waals surface area contributed by atoms with E-state index in [9.17, 15) is 0 Å². The highest BCUT2D eigenvalue weighted by Gasteiger charge is 2.50. The van der Waals surface area contributed by atoms with Crippen LogP contribution in [-0.4, -0.2) is 54.6 Å². The van der Waals surface area contributed by atoms with Gasteiger partial charge in [-0.1, -0.05) is 20.3 Å². The Morgan fingerprint density at radius 3 is 2.16 bits per heavy atom. The van der Waals surface area contributed by atoms with Crippen molar-refractivity contribution in [3.63, 3.8) is 0 Å². The normalized spacial score (nSPS) is 42.5. The summed E-state index contributed by atoms with van der Waals surface area (Å²) in [6.07, 6.45) is 6.79. The largest absolute Gasteiger partial charge is 0.329 e. The van der Waals surface area contributed by atoms with E-state index in [1.54, 1.807) is 0 Å². The van der Waals surface area contributed by atoms with Crippen molar-refractivity contribution in [3.05, 3.63) is 0 Å². The number of fused-ring (bicyclic) bond motifs is 3. The smallest absolute Gasteiger partial charge is 0.0487 e. The lowest BCUT2D eigenvalue weighted by Crippen LogP contribution is -2.71. The Morgan fingerprint density at radius 1 is 1.11 bits per heavy atom. The summed E-state index contributed by atoms with van der Waals surface area (Å²) in [6.45, 7) is 12.1. The first kappa shape index (κ1) is 13.8. The molecule has 0 saturated carbocycles. The van der Waals surface area contributed by atoms with Crippen LogP contribution in [0, 0.1) is 11.3 Å². The minimum Gasteiger partial charge on any atom is -0.329 e. The third kappa shape index (κ3) is 2.24. The van der Waals surface area contributed by atoms with E-state index in [2.05, 4.69) is 23.6 Å². The van der Waals surface area contributed by atoms with Crippen LogP contribution in [0.3, 0.4) is 0 Å². The van der Waals surface area contributed by atoms with Crippen LogP contribution in [0.2, 0.25) is 0 Å². The summed E-state index contributed by atoms with van der Waals surface area (Å²) < 4.78 is 0. The van der Waals surface area contributed by atoms with Crippen molar-refractivity contribution in [3.8, 4) is 0 Å². The second-order valence-electron chi connectivity index (χ2n) is 7.51. The SMILES string of the molecule is CCC1(C)CCN(C2(CN)CN3CCC2CC3)CC1. The Morgan fingerprint density at radius 2 is 1.74 bits per heavy atom. The summed E-state index contributed by atoms with van der Waals surface area (Å²) in [7, 11) is 0. The van der Waals surface area contributed by atoms with E-state index >= 15 is 0 Å². The van der Waals surface area contributed by atoms with E-state index < -0.39 is 0 Å². The molecule has 0 aromatic carbocycles. The molecule has 19 heavy (non-hydrogen) atoms. The molecular formula is C16H31N3. The maximum atomic E-state index is 6.29. The Labute approximate surface area is 118 Å². The summed E-state index contributed by atoms with van der Waals surface area (Å²) >= 11 is 0. The number of likely N-dealkylation sites (tertiary alicyclic amines) is 1. The van der Waals surface area contributed by atoms with E-state index in [4.69, 9.17) is 5.73 Å². The fourth-order valence-electron chi connectivity index (χ4n) is 4.71. The molecule has 4 aliphatic heterocycles. The van der Waals surface area contributed by atoms with Gasteiger partial charge in [-0.25, -0.2) is 0 Å². The van der Waals surface area contributed by atoms with E-state index in [0.717, 1.165) is 12.5 Å². The van der Waals surface area contributed by atoms with Gasteiger partial charge in [-0.05, 0) is 63.2 Å². The molecule has 3 nitrogen and oxygen atoms in total. The molecule has 2 bridgehead atoms. The average molecular weight is 265 g/mol. The predicted molar refractivity (Wildman–Crippen MR) is 80.2 cm³/mol. The maximum Gasteiger partial charge on any atom is 0.0487 e. The third-order valence-electron chi connectivity index (χ3n) is 6.65. The van der Waals surface area contributed by atoms with Gasteiger partial charge in [-0.2, -0.15) is 0 Å². The van der Waals surface area contributed by atoms with Crippen LogP contribution in [-0.2, 0) is 0 Å². The van der Waals surface area contributed by atoms with E-state index in [1.807, 2.05) is 0 Å². The average Bonchev–Trinajstić information content (AvgIpc) is 2.49. The number of hydrogen-bond acceptors (Lipinski definition) is 3. The number of rotatable bonds is 3. The second-order valence-corrected chi connectivity index (χ2v) is 7.51. The highest BCUT2D eigenvalue weighted by molar-refractivity contribution is 5.07. The quantitative estimate of drug-likeness (QED) is 0.846. The van der Waals surface area contributed by atoms with Gasteiger partial charge in [-0.15, -0.1) is 0 Å². The van der Waals surface area contributed by atoms with Gasteiger partial charge >= 0.3 is 0 Å². The molecular weight excluding hydrogens is 234 g/mol. The summed E-state index contributed by atoms with van der Waals surface area (Å²) in [5.74, 6) is 0.855. The Kier molecular flexibility index (Phi) is 3.65. The Hall–Kier alpha value is -0.120. The Bertz CT molecular complexity index is 314. The predicted octanol–water partition coefficient (Wildman–Crippen LogP) is 1.92. The topological polar surface area (TPSA) is 32.5 Å². The first-order valence-corrected chi connectivity index (χ1v) is 8.29. The van der Waals surface area contributed by atoms with Crippen LogP contribution in [0.4, 0.5) is 0 Å². The molecule has 1 unspecified atom stereocenters. The van der Waals surface area contributed by atoms with Gasteiger partial charge in [0.15, 0.2) is 0 Å². The number of hydrogen-bond donors (Lipinski definition) is 1. The van der Waals surface area contributed by atoms with E-state index in [-0.39, 0.29) is 0 Å². The van der Waals surface area contributed by atoms with Crippen LogP contribution in [0.5, 0.6) is 0 Å². The van der Waals surface area contributed by atoms with Gasteiger partial charge in [-0.3, -0.25) is 4.90 Å². The molecule has 2 N–H and O–H groups in total. The fraction of sp³-hybridized carbons (Fsp3) is 1.00. The van der Waals surface area contributed by atoms with Crippen molar-refractivity contribution in [2.24, 2.45) is 17.1 Å². The van der Waals surface area contributed by atoms with Crippen LogP contribution < -0.4 is 5.73 Å². The molecule has 1 atom stereocenters. The first-order chi connectivity index (χ1) is 9.12. The van der Waals surface area contributed by atoms with Crippen molar-refractivity contribution < 1.29 is 0 Å². The van der Waals surface area contributed by atoms with Gasteiger partial charge in [0.2, 0.25) is 0 Å². The highest BCUT2D eigenvalue weighted by atomic mass is 15.3. The zero-order chi connectivity index (χ0) is 13.5. The molecule has 0 aromatic heterocycles. The zero-order valence-corrected chi connectivity index (χ0v) is 12.8. The van der Waals surface area contributed by atoms with Crippen LogP contribution in [0.25, 0.3) is 0 Å². The van der Waals surface area contributed by atoms with Gasteiger partial charge < -0.3 is 10.6 Å². The molecule has 0 aliphatic carbocycles. The van der Waals surface area contributed by atoms with Crippen molar-refractivity contribution in [1.82, 2.24) is 9.80 Å². The summed E-state index contributed by atoms with van der Waals surface area (Å²) in [4.78, 5) is 5.43. The zero-order valence-electron chi connectivity index (χ0n) is 12.8. The van der Waals surface area contributed by atoms with Crippen LogP contribution in [0.15, 0.2) is 0 Å². The van der Waals surface area contributed by atoms with Gasteiger partial charge in [0.05, 0.1) is 0 Å². The van der Waals surface area contributed by atoms with Crippen LogP contribution in [0.1, 0.15) is 46.0 Å². The monoisotopic (exact) mass is 265 g/mol. The molecule has 3 heteroatoms. The lowest BCUT2D eigenvalue weighted by molar-refractivity contribution is -0.0864. The molecule has 4 saturated heterocycles. The van der Waals surface area contributed by atoms with Gasteiger partial charge in [0, 0.05) is 18.6 Å². The molecule has 4 heterocycles. The molecule has 110 valence electrons. The fourth-order valence-corrected chi connectivity index (χ4v) is 4.71. The lowest BCUT2D eigenvalue weighted by Gasteiger charge is -2.59. The van der Waals surface area contributed by atoms with Crippen molar-refractivity contribution in [1.29, 1.82) is 0 Å². The number of nitrogens with two attached hydrogens (primary N) is 1. The minimum atomic E-state index is 0.311. The van der Waals surface area contributed by atoms with Gasteiger partial charge in [0.1, 0.15) is 0 Å². The van der Waals surface area contributed by atoms with E-state index in [0.29, 0.717) is 11.0 Å². The molecule has 4 fully saturated rings. The van der Waals surface area contributed by atoms with Crippen molar-refractivity contribution >= 4 is 0 Å². The Balaban J connectivity index is 1.73. The lowest BCUT2D eigenvalue weighted by atomic mass is 9.69. The highest BCUT2D eigenvalue weighted by Crippen LogP contribution is 2.43. The maximum absolute atomic E-state index is 6.29. The standard InChI is InChI=1S/C16H31N3/c1-3-15(2)6-10-19(11-7-15)16(12-17)13-18-8-4-14(16)5-9-18/h14H,3-13,17H2,1-2H3. The molecule has 0 spiro atoms. The number of nitrogens with zero attached hydrogens (tertiary/aromatic N) is 2. The van der Waals surface area contributed by atoms with Gasteiger partial charge in [0.25, 0.3) is 0 Å². The molecule has 4 rings (SSSR count). The number of piperidine rings is 4. The summed E-state index contributed by atoms with van der Waals surface area (Å²) in [6, 6.07) is 0. The summed E-state index contributed by atoms with van der Waals surface area (Å²) in [5, 5.41) is 0. The van der Waals surface area contributed by atoms with Crippen molar-refractivity contribution in [2.75, 3.05) is 39.3 Å². The molecule has 0 amide bonds. The second kappa shape index (κ2) is 5.01. The minimum absolute atomic E-state index is 0.311. The molecule has 4 aliphatic rings.